The van der Waals surface area contributed by atoms with Crippen molar-refractivity contribution in [3.63, 3.8) is 0 Å². The number of carbonyl (C=O) groups excluding carboxylic acids is 1. The lowest BCUT2D eigenvalue weighted by atomic mass is 10.1. The van der Waals surface area contributed by atoms with Crippen LogP contribution in [0, 0.1) is 10.1 Å². The summed E-state index contributed by atoms with van der Waals surface area (Å²) in [6, 6.07) is 5.88. The molecule has 110 valence electrons. The molecular weight excluding hydrogens is 284 g/mol. The second kappa shape index (κ2) is 7.22. The Balaban J connectivity index is 2.39. The van der Waals surface area contributed by atoms with E-state index in [0.717, 1.165) is 4.90 Å². The highest BCUT2D eigenvalue weighted by atomic mass is 32.2. The van der Waals surface area contributed by atoms with Crippen LogP contribution in [-0.2, 0) is 4.79 Å². The Hall–Kier alpha value is -1.64. The number of benzene rings is 1. The van der Waals surface area contributed by atoms with Crippen molar-refractivity contribution >= 4 is 23.4 Å². The van der Waals surface area contributed by atoms with Gasteiger partial charge in [0.15, 0.2) is 0 Å². The molecule has 0 saturated carbocycles. The van der Waals surface area contributed by atoms with Gasteiger partial charge < -0.3 is 15.5 Å². The van der Waals surface area contributed by atoms with Crippen molar-refractivity contribution in [2.45, 2.75) is 17.4 Å². The first-order chi connectivity index (χ1) is 9.34. The molecule has 0 radical (unpaired) electrons. The van der Waals surface area contributed by atoms with E-state index in [9.17, 15) is 20.0 Å². The number of thioether (sulfide) groups is 1. The number of hydrogen-bond acceptors (Lipinski definition) is 6. The zero-order chi connectivity index (χ0) is 15.2. The average molecular weight is 300 g/mol. The van der Waals surface area contributed by atoms with Crippen molar-refractivity contribution in [1.29, 1.82) is 0 Å². The summed E-state index contributed by atoms with van der Waals surface area (Å²) < 4.78 is 0. The van der Waals surface area contributed by atoms with Gasteiger partial charge in [-0.2, -0.15) is 0 Å². The summed E-state index contributed by atoms with van der Waals surface area (Å²) in [6.45, 7) is 0.933. The molecule has 0 bridgehead atoms. The second-order valence-electron chi connectivity index (χ2n) is 4.47. The van der Waals surface area contributed by atoms with Crippen molar-refractivity contribution in [2.24, 2.45) is 0 Å². The number of nitrogens with one attached hydrogen (secondary N) is 1. The summed E-state index contributed by atoms with van der Waals surface area (Å²) in [7, 11) is 0. The summed E-state index contributed by atoms with van der Waals surface area (Å²) in [5.41, 5.74) is -1.34. The topological polar surface area (TPSA) is 113 Å². The van der Waals surface area contributed by atoms with Crippen LogP contribution in [0.5, 0.6) is 0 Å². The SMILES string of the molecule is CC(O)(CO)CNC(=O)CSc1ccc([N+](=O)[O-])cc1. The van der Waals surface area contributed by atoms with Gasteiger partial charge in [-0.25, -0.2) is 0 Å². The third-order valence-corrected chi connectivity index (χ3v) is 3.44. The van der Waals surface area contributed by atoms with Gasteiger partial charge in [0.1, 0.15) is 5.60 Å². The molecule has 0 aromatic heterocycles. The zero-order valence-electron chi connectivity index (χ0n) is 10.9. The summed E-state index contributed by atoms with van der Waals surface area (Å²) in [4.78, 5) is 22.2. The van der Waals surface area contributed by atoms with Crippen LogP contribution in [0.1, 0.15) is 6.92 Å². The molecule has 1 aromatic carbocycles. The van der Waals surface area contributed by atoms with E-state index in [1.54, 1.807) is 12.1 Å². The number of nitro groups is 1. The lowest BCUT2D eigenvalue weighted by molar-refractivity contribution is -0.384. The lowest BCUT2D eigenvalue weighted by Gasteiger charge is -2.20. The fraction of sp³-hybridized carbons (Fsp3) is 0.417. The molecule has 1 rings (SSSR count). The van der Waals surface area contributed by atoms with E-state index in [1.807, 2.05) is 0 Å². The quantitative estimate of drug-likeness (QED) is 0.385. The monoisotopic (exact) mass is 300 g/mol. The predicted molar refractivity (Wildman–Crippen MR) is 74.5 cm³/mol. The maximum absolute atomic E-state index is 11.5. The Labute approximate surface area is 120 Å². The van der Waals surface area contributed by atoms with Gasteiger partial charge in [-0.1, -0.05) is 0 Å². The number of aliphatic hydroxyl groups is 2. The van der Waals surface area contributed by atoms with Crippen molar-refractivity contribution < 1.29 is 19.9 Å². The predicted octanol–water partition coefficient (Wildman–Crippen LogP) is 0.546. The van der Waals surface area contributed by atoms with Gasteiger partial charge in [0, 0.05) is 23.6 Å². The van der Waals surface area contributed by atoms with Gasteiger partial charge in [0.05, 0.1) is 17.3 Å². The van der Waals surface area contributed by atoms with E-state index in [0.29, 0.717) is 0 Å². The Bertz CT molecular complexity index is 475. The van der Waals surface area contributed by atoms with Crippen LogP contribution < -0.4 is 5.32 Å². The third kappa shape index (κ3) is 5.55. The largest absolute Gasteiger partial charge is 0.393 e. The van der Waals surface area contributed by atoms with Gasteiger partial charge in [0.25, 0.3) is 5.69 Å². The first-order valence-corrected chi connectivity index (χ1v) is 6.80. The number of non-ortho nitro benzene ring substituents is 1. The van der Waals surface area contributed by atoms with Crippen LogP contribution >= 0.6 is 11.8 Å². The molecule has 1 amide bonds. The van der Waals surface area contributed by atoms with Crippen LogP contribution in [0.4, 0.5) is 5.69 Å². The molecule has 0 spiro atoms. The molecule has 0 aliphatic heterocycles. The molecule has 0 aliphatic carbocycles. The summed E-state index contributed by atoms with van der Waals surface area (Å²) >= 11 is 1.23. The van der Waals surface area contributed by atoms with Gasteiger partial charge in [-0.05, 0) is 19.1 Å². The van der Waals surface area contributed by atoms with Crippen molar-refractivity contribution in [3.05, 3.63) is 34.4 Å². The number of nitrogens with zero attached hydrogens (tertiary/aromatic N) is 1. The minimum Gasteiger partial charge on any atom is -0.393 e. The van der Waals surface area contributed by atoms with Crippen molar-refractivity contribution in [2.75, 3.05) is 18.9 Å². The standard InChI is InChI=1S/C12H16N2O5S/c1-12(17,8-15)7-13-11(16)6-20-10-4-2-9(3-5-10)14(18)19/h2-5,15,17H,6-8H2,1H3,(H,13,16). The molecule has 0 fully saturated rings. The number of amides is 1. The Morgan fingerprint density at radius 1 is 1.45 bits per heavy atom. The normalized spacial score (nSPS) is 13.6. The van der Waals surface area contributed by atoms with Crippen molar-refractivity contribution in [1.82, 2.24) is 5.32 Å². The van der Waals surface area contributed by atoms with E-state index in [4.69, 9.17) is 5.11 Å². The maximum Gasteiger partial charge on any atom is 0.269 e. The number of aliphatic hydroxyl groups excluding tert-OH is 1. The summed E-state index contributed by atoms with van der Waals surface area (Å²) in [5, 5.41) is 31.3. The highest BCUT2D eigenvalue weighted by Gasteiger charge is 2.19. The zero-order valence-corrected chi connectivity index (χ0v) is 11.7. The molecule has 0 heterocycles. The third-order valence-electron chi connectivity index (χ3n) is 2.42. The molecule has 0 aliphatic rings. The lowest BCUT2D eigenvalue weighted by Crippen LogP contribution is -2.43. The smallest absolute Gasteiger partial charge is 0.269 e. The first kappa shape index (κ1) is 16.4. The summed E-state index contributed by atoms with van der Waals surface area (Å²) in [6.07, 6.45) is 0. The number of rotatable bonds is 7. The Kier molecular flexibility index (Phi) is 5.93. The average Bonchev–Trinajstić information content (AvgIpc) is 2.43. The Morgan fingerprint density at radius 3 is 2.55 bits per heavy atom. The van der Waals surface area contributed by atoms with Crippen LogP contribution in [0.15, 0.2) is 29.2 Å². The minimum atomic E-state index is -1.34. The van der Waals surface area contributed by atoms with Gasteiger partial charge in [0.2, 0.25) is 5.91 Å². The fourth-order valence-electron chi connectivity index (χ4n) is 1.21. The molecule has 3 N–H and O–H groups in total. The van der Waals surface area contributed by atoms with Gasteiger partial charge >= 0.3 is 0 Å². The molecule has 7 nitrogen and oxygen atoms in total. The van der Waals surface area contributed by atoms with E-state index in [1.165, 1.54) is 30.8 Å². The molecular formula is C12H16N2O5S. The number of hydrogen-bond donors (Lipinski definition) is 3. The summed E-state index contributed by atoms with van der Waals surface area (Å²) in [5.74, 6) is -0.165. The minimum absolute atomic E-state index is 0.00204. The van der Waals surface area contributed by atoms with E-state index in [-0.39, 0.29) is 23.9 Å². The van der Waals surface area contributed by atoms with Crippen LogP contribution in [0.2, 0.25) is 0 Å². The molecule has 1 aromatic rings. The van der Waals surface area contributed by atoms with Gasteiger partial charge in [-0.15, -0.1) is 11.8 Å². The highest BCUT2D eigenvalue weighted by Crippen LogP contribution is 2.21. The maximum atomic E-state index is 11.5. The van der Waals surface area contributed by atoms with E-state index < -0.39 is 17.1 Å². The fourth-order valence-corrected chi connectivity index (χ4v) is 1.94. The number of nitro benzene ring substituents is 1. The second-order valence-corrected chi connectivity index (χ2v) is 5.52. The van der Waals surface area contributed by atoms with E-state index >= 15 is 0 Å². The molecule has 1 unspecified atom stereocenters. The van der Waals surface area contributed by atoms with E-state index in [2.05, 4.69) is 5.32 Å². The first-order valence-electron chi connectivity index (χ1n) is 5.81. The van der Waals surface area contributed by atoms with Crippen LogP contribution in [-0.4, -0.2) is 45.5 Å². The number of carbonyl (C=O) groups is 1. The van der Waals surface area contributed by atoms with Crippen molar-refractivity contribution in [3.8, 4) is 0 Å². The molecule has 8 heteroatoms. The molecule has 0 saturated heterocycles. The molecule has 1 atom stereocenters. The van der Waals surface area contributed by atoms with Gasteiger partial charge in [-0.3, -0.25) is 14.9 Å². The highest BCUT2D eigenvalue weighted by molar-refractivity contribution is 8.00. The van der Waals surface area contributed by atoms with Crippen LogP contribution in [0.3, 0.4) is 0 Å². The van der Waals surface area contributed by atoms with Crippen LogP contribution in [0.25, 0.3) is 0 Å². The Morgan fingerprint density at radius 2 is 2.05 bits per heavy atom. The molecule has 20 heavy (non-hydrogen) atoms.